The van der Waals surface area contributed by atoms with Gasteiger partial charge in [-0.1, -0.05) is 0 Å². The summed E-state index contributed by atoms with van der Waals surface area (Å²) in [6.45, 7) is 0.921. The number of nitrogens with zero attached hydrogens (tertiary/aromatic N) is 1. The Labute approximate surface area is 82.0 Å². The van der Waals surface area contributed by atoms with Crippen LogP contribution in [0.5, 0.6) is 0 Å². The Morgan fingerprint density at radius 1 is 1.57 bits per heavy atom. The molecule has 1 unspecified atom stereocenters. The summed E-state index contributed by atoms with van der Waals surface area (Å²) < 4.78 is 12.8. The summed E-state index contributed by atoms with van der Waals surface area (Å²) in [6, 6.07) is 1.37. The molecule has 1 fully saturated rings. The number of aromatic nitrogens is 1. The molecule has 3 nitrogen and oxygen atoms in total. The Morgan fingerprint density at radius 2 is 2.43 bits per heavy atom. The van der Waals surface area contributed by atoms with Gasteiger partial charge in [0.1, 0.15) is 5.82 Å². The maximum Gasteiger partial charge on any atom is 0.141 e. The molecule has 1 aliphatic rings. The van der Waals surface area contributed by atoms with Crippen molar-refractivity contribution in [1.29, 1.82) is 0 Å². The quantitative estimate of drug-likeness (QED) is 0.742. The molecule has 0 aliphatic carbocycles. The number of hydrogen-bond acceptors (Lipinski definition) is 3. The van der Waals surface area contributed by atoms with E-state index < -0.39 is 11.9 Å². The Balaban J connectivity index is 2.13. The zero-order valence-electron chi connectivity index (χ0n) is 7.78. The van der Waals surface area contributed by atoms with Gasteiger partial charge in [-0.15, -0.1) is 0 Å². The third-order valence-electron chi connectivity index (χ3n) is 2.55. The summed E-state index contributed by atoms with van der Waals surface area (Å²) in [7, 11) is 0. The number of aliphatic hydroxyl groups is 1. The topological polar surface area (TPSA) is 45.2 Å². The van der Waals surface area contributed by atoms with Gasteiger partial charge in [0.15, 0.2) is 0 Å². The molecule has 1 aliphatic heterocycles. The normalized spacial score (nSPS) is 23.7. The van der Waals surface area contributed by atoms with E-state index in [1.807, 2.05) is 0 Å². The molecule has 0 saturated carbocycles. The maximum atomic E-state index is 12.8. The minimum Gasteiger partial charge on any atom is -0.387 e. The lowest BCUT2D eigenvalue weighted by Gasteiger charge is -2.17. The molecule has 0 bridgehead atoms. The van der Waals surface area contributed by atoms with Crippen molar-refractivity contribution in [1.82, 2.24) is 10.3 Å². The van der Waals surface area contributed by atoms with Gasteiger partial charge in [0.05, 0.1) is 12.3 Å². The highest BCUT2D eigenvalue weighted by Crippen LogP contribution is 2.22. The largest absolute Gasteiger partial charge is 0.387 e. The van der Waals surface area contributed by atoms with Crippen molar-refractivity contribution in [2.24, 2.45) is 0 Å². The molecule has 4 heteroatoms. The highest BCUT2D eigenvalue weighted by atomic mass is 19.1. The van der Waals surface area contributed by atoms with E-state index in [2.05, 4.69) is 10.3 Å². The number of pyridine rings is 1. The molecule has 0 amide bonds. The number of hydrogen-bond donors (Lipinski definition) is 2. The Morgan fingerprint density at radius 3 is 3.07 bits per heavy atom. The van der Waals surface area contributed by atoms with Crippen LogP contribution in [0.3, 0.4) is 0 Å². The first-order valence-electron chi connectivity index (χ1n) is 4.79. The molecule has 2 heterocycles. The molecule has 2 N–H and O–H groups in total. The van der Waals surface area contributed by atoms with Crippen LogP contribution >= 0.6 is 0 Å². The standard InChI is InChI=1S/C10H13FN2O/c11-8-4-7(5-12-6-8)10(14)9-2-1-3-13-9/h4-6,9-10,13-14H,1-3H2/t9-,10?/m0/s1. The van der Waals surface area contributed by atoms with Gasteiger partial charge < -0.3 is 10.4 Å². The molecule has 2 rings (SSSR count). The minimum atomic E-state index is -0.652. The van der Waals surface area contributed by atoms with Crippen LogP contribution in [0.1, 0.15) is 24.5 Å². The summed E-state index contributed by atoms with van der Waals surface area (Å²) in [5.74, 6) is -0.403. The second kappa shape index (κ2) is 4.02. The summed E-state index contributed by atoms with van der Waals surface area (Å²) in [4.78, 5) is 3.71. The third kappa shape index (κ3) is 1.91. The molecule has 2 atom stereocenters. The van der Waals surface area contributed by atoms with Crippen LogP contribution in [0, 0.1) is 5.82 Å². The molecular formula is C10H13FN2O. The van der Waals surface area contributed by atoms with Crippen molar-refractivity contribution in [3.05, 3.63) is 29.8 Å². The van der Waals surface area contributed by atoms with Gasteiger partial charge in [-0.3, -0.25) is 4.98 Å². The predicted octanol–water partition coefficient (Wildman–Crippen LogP) is 1.01. The van der Waals surface area contributed by atoms with Crippen LogP contribution in [0.4, 0.5) is 4.39 Å². The van der Waals surface area contributed by atoms with E-state index >= 15 is 0 Å². The second-order valence-electron chi connectivity index (χ2n) is 3.58. The van der Waals surface area contributed by atoms with Gasteiger partial charge in [0.2, 0.25) is 0 Å². The van der Waals surface area contributed by atoms with Crippen molar-refractivity contribution >= 4 is 0 Å². The van der Waals surface area contributed by atoms with Crippen LogP contribution < -0.4 is 5.32 Å². The fraction of sp³-hybridized carbons (Fsp3) is 0.500. The van der Waals surface area contributed by atoms with Crippen molar-refractivity contribution in [2.45, 2.75) is 25.0 Å². The van der Waals surface area contributed by atoms with E-state index in [-0.39, 0.29) is 6.04 Å². The molecule has 0 spiro atoms. The molecule has 76 valence electrons. The fourth-order valence-electron chi connectivity index (χ4n) is 1.80. The zero-order valence-corrected chi connectivity index (χ0v) is 7.78. The van der Waals surface area contributed by atoms with E-state index in [4.69, 9.17) is 0 Å². The minimum absolute atomic E-state index is 0.0404. The van der Waals surface area contributed by atoms with E-state index in [0.717, 1.165) is 25.6 Å². The molecular weight excluding hydrogens is 183 g/mol. The van der Waals surface area contributed by atoms with Crippen LogP contribution in [-0.2, 0) is 0 Å². The lowest BCUT2D eigenvalue weighted by atomic mass is 10.0. The summed E-state index contributed by atoms with van der Waals surface area (Å²) in [5, 5.41) is 13.0. The number of aliphatic hydroxyl groups excluding tert-OH is 1. The van der Waals surface area contributed by atoms with Gasteiger partial charge in [-0.05, 0) is 25.5 Å². The van der Waals surface area contributed by atoms with Crippen LogP contribution in [0.25, 0.3) is 0 Å². The first-order chi connectivity index (χ1) is 6.77. The first kappa shape index (κ1) is 9.55. The van der Waals surface area contributed by atoms with E-state index in [1.54, 1.807) is 0 Å². The Kier molecular flexibility index (Phi) is 2.74. The Hall–Kier alpha value is -1.00. The van der Waals surface area contributed by atoms with Gasteiger partial charge in [-0.25, -0.2) is 4.39 Å². The van der Waals surface area contributed by atoms with Crippen molar-refractivity contribution in [3.8, 4) is 0 Å². The fourth-order valence-corrected chi connectivity index (χ4v) is 1.80. The molecule has 14 heavy (non-hydrogen) atoms. The molecule has 1 saturated heterocycles. The van der Waals surface area contributed by atoms with Crippen molar-refractivity contribution in [2.75, 3.05) is 6.54 Å². The van der Waals surface area contributed by atoms with Gasteiger partial charge in [0.25, 0.3) is 0 Å². The zero-order chi connectivity index (χ0) is 9.97. The smallest absolute Gasteiger partial charge is 0.141 e. The monoisotopic (exact) mass is 196 g/mol. The van der Waals surface area contributed by atoms with Crippen LogP contribution in [0.2, 0.25) is 0 Å². The highest BCUT2D eigenvalue weighted by molar-refractivity contribution is 5.15. The summed E-state index contributed by atoms with van der Waals surface area (Å²) in [6.07, 6.45) is 3.98. The predicted molar refractivity (Wildman–Crippen MR) is 50.2 cm³/mol. The highest BCUT2D eigenvalue weighted by Gasteiger charge is 2.24. The van der Waals surface area contributed by atoms with Gasteiger partial charge >= 0.3 is 0 Å². The second-order valence-corrected chi connectivity index (χ2v) is 3.58. The molecule has 0 radical (unpaired) electrons. The molecule has 1 aromatic rings. The average molecular weight is 196 g/mol. The lowest BCUT2D eigenvalue weighted by Crippen LogP contribution is -2.28. The van der Waals surface area contributed by atoms with Gasteiger partial charge in [-0.2, -0.15) is 0 Å². The van der Waals surface area contributed by atoms with E-state index in [1.165, 1.54) is 12.3 Å². The third-order valence-corrected chi connectivity index (χ3v) is 2.55. The average Bonchev–Trinajstić information content (AvgIpc) is 2.69. The van der Waals surface area contributed by atoms with E-state index in [9.17, 15) is 9.50 Å². The summed E-state index contributed by atoms with van der Waals surface area (Å²) in [5.41, 5.74) is 0.546. The van der Waals surface area contributed by atoms with E-state index in [0.29, 0.717) is 5.56 Å². The Bertz CT molecular complexity index is 313. The van der Waals surface area contributed by atoms with Crippen molar-refractivity contribution < 1.29 is 9.50 Å². The number of halogens is 1. The number of nitrogens with one attached hydrogen (secondary N) is 1. The molecule has 1 aromatic heterocycles. The number of rotatable bonds is 2. The first-order valence-corrected chi connectivity index (χ1v) is 4.79. The van der Waals surface area contributed by atoms with Crippen LogP contribution in [-0.4, -0.2) is 22.7 Å². The molecule has 0 aromatic carbocycles. The lowest BCUT2D eigenvalue weighted by molar-refractivity contribution is 0.136. The van der Waals surface area contributed by atoms with Crippen LogP contribution in [0.15, 0.2) is 18.5 Å². The van der Waals surface area contributed by atoms with Gasteiger partial charge in [0, 0.05) is 17.8 Å². The SMILES string of the molecule is OC(c1cncc(F)c1)[C@@H]1CCCN1. The van der Waals surface area contributed by atoms with Crippen molar-refractivity contribution in [3.63, 3.8) is 0 Å². The summed E-state index contributed by atoms with van der Waals surface area (Å²) >= 11 is 0. The maximum absolute atomic E-state index is 12.8.